The lowest BCUT2D eigenvalue weighted by Crippen LogP contribution is -2.31. The monoisotopic (exact) mass is 296 g/mol. The van der Waals surface area contributed by atoms with Gasteiger partial charge >= 0.3 is 0 Å². The van der Waals surface area contributed by atoms with Crippen molar-refractivity contribution in [3.63, 3.8) is 0 Å². The Kier molecular flexibility index (Phi) is 5.58. The maximum Gasteiger partial charge on any atom is 0.239 e. The lowest BCUT2D eigenvalue weighted by molar-refractivity contribution is -0.305. The summed E-state index contributed by atoms with van der Waals surface area (Å²) in [7, 11) is 0. The summed E-state index contributed by atoms with van der Waals surface area (Å²) in [6.07, 6.45) is 7.64. The highest BCUT2D eigenvalue weighted by Crippen LogP contribution is 2.22. The van der Waals surface area contributed by atoms with Crippen LogP contribution in [0.5, 0.6) is 0 Å². The van der Waals surface area contributed by atoms with Crippen molar-refractivity contribution in [3.05, 3.63) is 0 Å². The van der Waals surface area contributed by atoms with Crippen molar-refractivity contribution in [3.8, 4) is 0 Å². The normalized spacial score (nSPS) is 26.0. The number of carboxylic acid groups (broad SMARTS) is 1. The summed E-state index contributed by atoms with van der Waals surface area (Å²) in [6.45, 7) is 0. The topological polar surface area (TPSA) is 93.9 Å². The van der Waals surface area contributed by atoms with E-state index in [1.54, 1.807) is 0 Å². The molecule has 6 nitrogen and oxygen atoms in total. The van der Waals surface area contributed by atoms with Gasteiger partial charge in [-0.3, -0.25) is 4.79 Å². The van der Waals surface area contributed by atoms with E-state index < -0.39 is 11.2 Å². The average Bonchev–Trinajstić information content (AvgIpc) is 2.68. The number of nitrogens with zero attached hydrogens (tertiary/aromatic N) is 2. The van der Waals surface area contributed by atoms with Gasteiger partial charge in [0.25, 0.3) is 0 Å². The maximum atomic E-state index is 11.5. The average molecular weight is 296 g/mol. The van der Waals surface area contributed by atoms with Crippen LogP contribution in [0.15, 0.2) is 10.2 Å². The molecule has 1 aliphatic carbocycles. The number of thioether (sulfide) groups is 1. The van der Waals surface area contributed by atoms with E-state index >= 15 is 0 Å². The molecule has 2 fully saturated rings. The first kappa shape index (κ1) is 15.0. The fraction of sp³-hybridized carbons (Fsp3) is 0.692. The summed E-state index contributed by atoms with van der Waals surface area (Å²) in [5.41, 5.74) is 1.07. The molecule has 2 rings (SSSR count). The van der Waals surface area contributed by atoms with Gasteiger partial charge in [0.05, 0.1) is 5.25 Å². The Hall–Kier alpha value is -1.37. The van der Waals surface area contributed by atoms with E-state index in [4.69, 9.17) is 0 Å². The van der Waals surface area contributed by atoms with Gasteiger partial charge in [0, 0.05) is 18.1 Å². The van der Waals surface area contributed by atoms with Crippen molar-refractivity contribution in [2.45, 2.75) is 56.6 Å². The molecule has 0 aromatic rings. The minimum atomic E-state index is -1.23. The number of hydrogen-bond acceptors (Lipinski definition) is 6. The Labute approximate surface area is 122 Å². The molecule has 1 saturated carbocycles. The van der Waals surface area contributed by atoms with E-state index in [-0.39, 0.29) is 12.3 Å². The third-order valence-electron chi connectivity index (χ3n) is 3.34. The van der Waals surface area contributed by atoms with E-state index in [0.29, 0.717) is 5.17 Å². The van der Waals surface area contributed by atoms with Crippen LogP contribution in [0.4, 0.5) is 0 Å². The van der Waals surface area contributed by atoms with Gasteiger partial charge in [-0.2, -0.15) is 5.10 Å². The van der Waals surface area contributed by atoms with Crippen LogP contribution in [0.2, 0.25) is 0 Å². The molecule has 1 saturated heterocycles. The molecule has 0 aromatic carbocycles. The van der Waals surface area contributed by atoms with Crippen LogP contribution in [0.3, 0.4) is 0 Å². The van der Waals surface area contributed by atoms with Gasteiger partial charge in [0.15, 0.2) is 5.17 Å². The van der Waals surface area contributed by atoms with Gasteiger partial charge in [-0.05, 0) is 25.7 Å². The van der Waals surface area contributed by atoms with Crippen molar-refractivity contribution in [1.29, 1.82) is 0 Å². The molecular formula is C13H18N3O3S-. The van der Waals surface area contributed by atoms with Gasteiger partial charge in [-0.15, -0.1) is 5.10 Å². The second-order valence-corrected chi connectivity index (χ2v) is 6.20. The van der Waals surface area contributed by atoms with Gasteiger partial charge in [-0.25, -0.2) is 0 Å². The molecule has 0 spiro atoms. The van der Waals surface area contributed by atoms with Crippen LogP contribution in [-0.2, 0) is 9.59 Å². The molecule has 1 aliphatic heterocycles. The Morgan fingerprint density at radius 3 is 2.50 bits per heavy atom. The first-order valence-corrected chi connectivity index (χ1v) is 7.84. The molecule has 110 valence electrons. The summed E-state index contributed by atoms with van der Waals surface area (Å²) in [4.78, 5) is 22.0. The summed E-state index contributed by atoms with van der Waals surface area (Å²) in [6, 6.07) is 0. The van der Waals surface area contributed by atoms with Crippen molar-refractivity contribution < 1.29 is 14.7 Å². The number of carboxylic acids is 1. The van der Waals surface area contributed by atoms with Crippen LogP contribution in [0.25, 0.3) is 0 Å². The quantitative estimate of drug-likeness (QED) is 0.780. The number of carbonyl (C=O) groups excluding carboxylic acids is 2. The van der Waals surface area contributed by atoms with Gasteiger partial charge in [-0.1, -0.05) is 31.0 Å². The smallest absolute Gasteiger partial charge is 0.239 e. The summed E-state index contributed by atoms with van der Waals surface area (Å²) < 4.78 is 0. The number of rotatable bonds is 3. The molecule has 1 heterocycles. The first-order chi connectivity index (χ1) is 9.65. The van der Waals surface area contributed by atoms with Crippen molar-refractivity contribution in [2.24, 2.45) is 10.2 Å². The zero-order valence-electron chi connectivity index (χ0n) is 11.3. The molecule has 7 heteroatoms. The first-order valence-electron chi connectivity index (χ1n) is 6.96. The number of amidine groups is 1. The molecule has 0 unspecified atom stereocenters. The predicted octanol–water partition coefficient (Wildman–Crippen LogP) is 0.814. The van der Waals surface area contributed by atoms with E-state index in [2.05, 4.69) is 15.5 Å². The third-order valence-corrected chi connectivity index (χ3v) is 4.41. The highest BCUT2D eigenvalue weighted by Gasteiger charge is 2.30. The third kappa shape index (κ3) is 4.63. The van der Waals surface area contributed by atoms with Gasteiger partial charge < -0.3 is 15.2 Å². The van der Waals surface area contributed by atoms with Gasteiger partial charge in [0.1, 0.15) is 0 Å². The standard InChI is InChI=1S/C13H19N3O3S/c17-11(18)8-10-12(19)14-13(20-10)16-15-9-6-4-2-1-3-5-7-9/h10H,1-8H2,(H,17,18)(H,14,16,19)/p-1/t10-/m1/s1. The highest BCUT2D eigenvalue weighted by molar-refractivity contribution is 8.15. The molecule has 1 atom stereocenters. The fourth-order valence-corrected chi connectivity index (χ4v) is 3.17. The zero-order valence-corrected chi connectivity index (χ0v) is 12.1. The lowest BCUT2D eigenvalue weighted by Gasteiger charge is -2.09. The van der Waals surface area contributed by atoms with E-state index in [0.717, 1.165) is 43.2 Å². The molecule has 0 bridgehead atoms. The van der Waals surface area contributed by atoms with Crippen LogP contribution in [-0.4, -0.2) is 28.0 Å². The largest absolute Gasteiger partial charge is 0.550 e. The molecule has 1 amide bonds. The second kappa shape index (κ2) is 7.42. The zero-order chi connectivity index (χ0) is 14.4. The SMILES string of the molecule is O=C([O-])C[C@H]1S/C(=N\N=C2CCCCCCC2)NC1=O. The minimum Gasteiger partial charge on any atom is -0.550 e. The lowest BCUT2D eigenvalue weighted by atomic mass is 9.99. The Bertz CT molecular complexity index is 438. The predicted molar refractivity (Wildman–Crippen MR) is 76.3 cm³/mol. The van der Waals surface area contributed by atoms with Gasteiger partial charge in [0.2, 0.25) is 5.91 Å². The van der Waals surface area contributed by atoms with Crippen molar-refractivity contribution >= 4 is 34.5 Å². The van der Waals surface area contributed by atoms with Crippen molar-refractivity contribution in [1.82, 2.24) is 5.32 Å². The Morgan fingerprint density at radius 2 is 1.85 bits per heavy atom. The molecule has 0 aromatic heterocycles. The van der Waals surface area contributed by atoms with Crippen molar-refractivity contribution in [2.75, 3.05) is 0 Å². The minimum absolute atomic E-state index is 0.300. The van der Waals surface area contributed by atoms with E-state index in [9.17, 15) is 14.7 Å². The number of carbonyl (C=O) groups is 2. The maximum absolute atomic E-state index is 11.5. The molecule has 2 aliphatic rings. The van der Waals surface area contributed by atoms with E-state index in [1.165, 1.54) is 19.3 Å². The number of hydrogen-bond donors (Lipinski definition) is 1. The summed E-state index contributed by atoms with van der Waals surface area (Å²) >= 11 is 1.11. The number of nitrogens with one attached hydrogen (secondary N) is 1. The Balaban J connectivity index is 1.93. The number of amides is 1. The molecule has 0 radical (unpaired) electrons. The second-order valence-electron chi connectivity index (χ2n) is 5.01. The molecular weight excluding hydrogens is 278 g/mol. The van der Waals surface area contributed by atoms with Crippen LogP contribution in [0, 0.1) is 0 Å². The number of aliphatic carboxylic acids is 1. The van der Waals surface area contributed by atoms with Crippen LogP contribution < -0.4 is 10.4 Å². The Morgan fingerprint density at radius 1 is 1.20 bits per heavy atom. The van der Waals surface area contributed by atoms with Crippen LogP contribution in [0.1, 0.15) is 51.4 Å². The fourth-order valence-electron chi connectivity index (χ4n) is 2.27. The summed E-state index contributed by atoms with van der Waals surface area (Å²) in [5, 5.41) is 21.1. The molecule has 20 heavy (non-hydrogen) atoms. The van der Waals surface area contributed by atoms with Crippen LogP contribution >= 0.6 is 11.8 Å². The summed E-state index contributed by atoms with van der Waals surface area (Å²) in [5.74, 6) is -1.57. The molecule has 1 N–H and O–H groups in total. The highest BCUT2D eigenvalue weighted by atomic mass is 32.2. The van der Waals surface area contributed by atoms with E-state index in [1.807, 2.05) is 0 Å².